The lowest BCUT2D eigenvalue weighted by Gasteiger charge is -2.29. The predicted octanol–water partition coefficient (Wildman–Crippen LogP) is 4.45. The number of rotatable bonds is 4. The lowest BCUT2D eigenvalue weighted by Crippen LogP contribution is -2.24. The Balaban J connectivity index is 2.65. The van der Waals surface area contributed by atoms with Gasteiger partial charge in [-0.05, 0) is 47.9 Å². The molecule has 1 nitrogen and oxygen atoms in total. The molecule has 1 rings (SSSR count). The standard InChI is InChI=1S/C15H22ClFO/c1-10(15(2,3)4)7-13(18)9-11-8-12(17)5-6-14(11)16/h5-6,8,10,13,18H,7,9H2,1-4H3. The minimum Gasteiger partial charge on any atom is -0.393 e. The van der Waals surface area contributed by atoms with Crippen LogP contribution in [0, 0.1) is 17.2 Å². The van der Waals surface area contributed by atoms with E-state index in [0.717, 1.165) is 0 Å². The van der Waals surface area contributed by atoms with E-state index in [1.54, 1.807) is 0 Å². The maximum absolute atomic E-state index is 13.1. The highest BCUT2D eigenvalue weighted by Crippen LogP contribution is 2.30. The van der Waals surface area contributed by atoms with Gasteiger partial charge in [0.1, 0.15) is 5.82 Å². The maximum Gasteiger partial charge on any atom is 0.123 e. The summed E-state index contributed by atoms with van der Waals surface area (Å²) in [6.45, 7) is 8.58. The van der Waals surface area contributed by atoms with Gasteiger partial charge in [0.15, 0.2) is 0 Å². The van der Waals surface area contributed by atoms with Gasteiger partial charge < -0.3 is 5.11 Å². The van der Waals surface area contributed by atoms with Crippen LogP contribution in [0.5, 0.6) is 0 Å². The molecule has 0 saturated heterocycles. The second-order valence-electron chi connectivity index (χ2n) is 6.10. The zero-order chi connectivity index (χ0) is 13.9. The number of halogens is 2. The van der Waals surface area contributed by atoms with Crippen molar-refractivity contribution in [3.63, 3.8) is 0 Å². The fraction of sp³-hybridized carbons (Fsp3) is 0.600. The maximum atomic E-state index is 13.1. The second kappa shape index (κ2) is 6.03. The van der Waals surface area contributed by atoms with Gasteiger partial charge >= 0.3 is 0 Å². The van der Waals surface area contributed by atoms with Crippen LogP contribution in [0.25, 0.3) is 0 Å². The SMILES string of the molecule is CC(CC(O)Cc1cc(F)ccc1Cl)C(C)(C)C. The lowest BCUT2D eigenvalue weighted by molar-refractivity contribution is 0.110. The first-order valence-corrected chi connectivity index (χ1v) is 6.70. The summed E-state index contributed by atoms with van der Waals surface area (Å²) in [6.07, 6.45) is 0.603. The van der Waals surface area contributed by atoms with Crippen LogP contribution in [0.3, 0.4) is 0 Å². The molecule has 0 bridgehead atoms. The van der Waals surface area contributed by atoms with Crippen molar-refractivity contribution >= 4 is 11.6 Å². The molecule has 3 heteroatoms. The van der Waals surface area contributed by atoms with E-state index in [-0.39, 0.29) is 11.2 Å². The minimum absolute atomic E-state index is 0.159. The predicted molar refractivity (Wildman–Crippen MR) is 74.4 cm³/mol. The number of benzene rings is 1. The summed E-state index contributed by atoms with van der Waals surface area (Å²) in [6, 6.07) is 4.26. The van der Waals surface area contributed by atoms with Crippen LogP contribution in [0.2, 0.25) is 5.02 Å². The molecule has 1 aromatic rings. The zero-order valence-corrected chi connectivity index (χ0v) is 12.3. The Morgan fingerprint density at radius 2 is 1.94 bits per heavy atom. The van der Waals surface area contributed by atoms with Gasteiger partial charge in [-0.25, -0.2) is 4.39 Å². The molecule has 2 unspecified atom stereocenters. The van der Waals surface area contributed by atoms with Gasteiger partial charge in [-0.3, -0.25) is 0 Å². The Labute approximate surface area is 114 Å². The molecule has 0 aliphatic carbocycles. The fourth-order valence-electron chi connectivity index (χ4n) is 1.80. The largest absolute Gasteiger partial charge is 0.393 e. The van der Waals surface area contributed by atoms with Gasteiger partial charge in [-0.1, -0.05) is 39.3 Å². The monoisotopic (exact) mass is 272 g/mol. The summed E-state index contributed by atoms with van der Waals surface area (Å²) in [5, 5.41) is 10.6. The Hall–Kier alpha value is -0.600. The van der Waals surface area contributed by atoms with Crippen molar-refractivity contribution in [2.24, 2.45) is 11.3 Å². The molecule has 2 atom stereocenters. The molecule has 1 aromatic carbocycles. The summed E-state index contributed by atoms with van der Waals surface area (Å²) in [5.74, 6) is 0.0744. The summed E-state index contributed by atoms with van der Waals surface area (Å²) in [4.78, 5) is 0. The first kappa shape index (κ1) is 15.5. The molecule has 1 N–H and O–H groups in total. The molecule has 0 fully saturated rings. The van der Waals surface area contributed by atoms with E-state index in [1.807, 2.05) is 0 Å². The fourth-order valence-corrected chi connectivity index (χ4v) is 1.99. The van der Waals surface area contributed by atoms with Crippen LogP contribution in [0.1, 0.15) is 39.7 Å². The first-order chi connectivity index (χ1) is 8.20. The smallest absolute Gasteiger partial charge is 0.123 e. The van der Waals surface area contributed by atoms with Crippen molar-refractivity contribution in [1.82, 2.24) is 0 Å². The molecular formula is C15H22ClFO. The van der Waals surface area contributed by atoms with Gasteiger partial charge in [0.25, 0.3) is 0 Å². The van der Waals surface area contributed by atoms with E-state index in [1.165, 1.54) is 18.2 Å². The van der Waals surface area contributed by atoms with Gasteiger partial charge in [0.05, 0.1) is 6.10 Å². The average molecular weight is 273 g/mol. The van der Waals surface area contributed by atoms with Crippen LogP contribution >= 0.6 is 11.6 Å². The van der Waals surface area contributed by atoms with Crippen molar-refractivity contribution in [2.45, 2.75) is 46.6 Å². The van der Waals surface area contributed by atoms with Gasteiger partial charge in [-0.2, -0.15) is 0 Å². The normalized spacial score (nSPS) is 15.5. The average Bonchev–Trinajstić information content (AvgIpc) is 2.22. The third-order valence-corrected chi connectivity index (χ3v) is 3.94. The van der Waals surface area contributed by atoms with Gasteiger partial charge in [0, 0.05) is 5.02 Å². The molecule has 0 spiro atoms. The Morgan fingerprint density at radius 3 is 2.50 bits per heavy atom. The molecule has 18 heavy (non-hydrogen) atoms. The highest BCUT2D eigenvalue weighted by molar-refractivity contribution is 6.31. The van der Waals surface area contributed by atoms with E-state index < -0.39 is 6.10 Å². The van der Waals surface area contributed by atoms with Crippen LogP contribution in [-0.2, 0) is 6.42 Å². The molecule has 0 heterocycles. The topological polar surface area (TPSA) is 20.2 Å². The van der Waals surface area contributed by atoms with Crippen LogP contribution in [0.15, 0.2) is 18.2 Å². The number of aliphatic hydroxyl groups excluding tert-OH is 1. The van der Waals surface area contributed by atoms with Crippen LogP contribution in [0.4, 0.5) is 4.39 Å². The second-order valence-corrected chi connectivity index (χ2v) is 6.50. The van der Waals surface area contributed by atoms with Crippen LogP contribution in [-0.4, -0.2) is 11.2 Å². The summed E-state index contributed by atoms with van der Waals surface area (Å²) < 4.78 is 13.1. The quantitative estimate of drug-likeness (QED) is 0.858. The van der Waals surface area contributed by atoms with Crippen LogP contribution < -0.4 is 0 Å². The summed E-state index contributed by atoms with van der Waals surface area (Å²) in [5.41, 5.74) is 0.831. The Kier molecular flexibility index (Phi) is 5.18. The van der Waals surface area contributed by atoms with Crippen molar-refractivity contribution in [2.75, 3.05) is 0 Å². The van der Waals surface area contributed by atoms with E-state index in [9.17, 15) is 9.50 Å². The Morgan fingerprint density at radius 1 is 1.33 bits per heavy atom. The Bertz CT molecular complexity index is 398. The zero-order valence-electron chi connectivity index (χ0n) is 11.5. The van der Waals surface area contributed by atoms with Gasteiger partial charge in [0.2, 0.25) is 0 Å². The lowest BCUT2D eigenvalue weighted by atomic mass is 9.78. The molecule has 0 saturated carbocycles. The van der Waals surface area contributed by atoms with Gasteiger partial charge in [-0.15, -0.1) is 0 Å². The van der Waals surface area contributed by atoms with E-state index in [0.29, 0.717) is 29.3 Å². The summed E-state index contributed by atoms with van der Waals surface area (Å²) >= 11 is 5.99. The first-order valence-electron chi connectivity index (χ1n) is 6.32. The molecule has 102 valence electrons. The number of hydrogen-bond acceptors (Lipinski definition) is 1. The number of hydrogen-bond donors (Lipinski definition) is 1. The molecular weight excluding hydrogens is 251 g/mol. The molecule has 0 aliphatic heterocycles. The van der Waals surface area contributed by atoms with E-state index >= 15 is 0 Å². The highest BCUT2D eigenvalue weighted by Gasteiger charge is 2.23. The molecule has 0 radical (unpaired) electrons. The molecule has 0 aliphatic rings. The summed E-state index contributed by atoms with van der Waals surface area (Å²) in [7, 11) is 0. The van der Waals surface area contributed by atoms with Crippen molar-refractivity contribution in [3.8, 4) is 0 Å². The minimum atomic E-state index is -0.487. The molecule has 0 amide bonds. The molecule has 0 aromatic heterocycles. The third kappa shape index (κ3) is 4.58. The van der Waals surface area contributed by atoms with E-state index in [2.05, 4.69) is 27.7 Å². The van der Waals surface area contributed by atoms with Crippen molar-refractivity contribution in [3.05, 3.63) is 34.6 Å². The van der Waals surface area contributed by atoms with Crippen molar-refractivity contribution < 1.29 is 9.50 Å². The highest BCUT2D eigenvalue weighted by atomic mass is 35.5. The number of aliphatic hydroxyl groups is 1. The van der Waals surface area contributed by atoms with Crippen molar-refractivity contribution in [1.29, 1.82) is 0 Å². The third-order valence-electron chi connectivity index (χ3n) is 3.57. The van der Waals surface area contributed by atoms with E-state index in [4.69, 9.17) is 11.6 Å².